The maximum absolute atomic E-state index is 12.3. The first-order chi connectivity index (χ1) is 11.6. The summed E-state index contributed by atoms with van der Waals surface area (Å²) in [6.07, 6.45) is 0.935. The van der Waals surface area contributed by atoms with Crippen molar-refractivity contribution in [3.63, 3.8) is 0 Å². The Hall–Kier alpha value is -1.20. The number of rotatable bonds is 6. The van der Waals surface area contributed by atoms with Gasteiger partial charge in [0.15, 0.2) is 0 Å². The Morgan fingerprint density at radius 1 is 1.04 bits per heavy atom. The van der Waals surface area contributed by atoms with Crippen molar-refractivity contribution in [3.05, 3.63) is 30.3 Å². The Morgan fingerprint density at radius 2 is 1.58 bits per heavy atom. The number of carbonyl (C=O) groups is 2. The van der Waals surface area contributed by atoms with Gasteiger partial charge in [-0.05, 0) is 38.8 Å². The van der Waals surface area contributed by atoms with Crippen LogP contribution in [0.4, 0.5) is 0 Å². The molecular formula is C18H23ClO4S. The third kappa shape index (κ3) is 4.90. The highest BCUT2D eigenvalue weighted by Gasteiger charge is 2.45. The molecule has 1 saturated carbocycles. The molecule has 0 N–H and O–H groups in total. The van der Waals surface area contributed by atoms with E-state index in [-0.39, 0.29) is 22.6 Å². The highest BCUT2D eigenvalue weighted by molar-refractivity contribution is 8.00. The van der Waals surface area contributed by atoms with E-state index in [0.717, 1.165) is 4.90 Å². The molecular weight excluding hydrogens is 348 g/mol. The van der Waals surface area contributed by atoms with Crippen LogP contribution in [0.25, 0.3) is 0 Å². The molecule has 1 aliphatic rings. The second-order valence-corrected chi connectivity index (χ2v) is 7.55. The summed E-state index contributed by atoms with van der Waals surface area (Å²) in [5.74, 6) is -1.72. The third-order valence-electron chi connectivity index (χ3n) is 4.06. The zero-order valence-corrected chi connectivity index (χ0v) is 15.5. The van der Waals surface area contributed by atoms with Crippen molar-refractivity contribution >= 4 is 35.3 Å². The third-order valence-corrected chi connectivity index (χ3v) is 6.06. The number of benzene rings is 1. The van der Waals surface area contributed by atoms with Crippen LogP contribution in [0.2, 0.25) is 0 Å². The minimum absolute atomic E-state index is 0.0501. The van der Waals surface area contributed by atoms with Gasteiger partial charge in [0.2, 0.25) is 0 Å². The van der Waals surface area contributed by atoms with Crippen LogP contribution in [0.5, 0.6) is 0 Å². The maximum atomic E-state index is 12.3. The zero-order chi connectivity index (χ0) is 17.5. The fraction of sp³-hybridized carbons (Fsp3) is 0.556. The average Bonchev–Trinajstić information content (AvgIpc) is 2.57. The van der Waals surface area contributed by atoms with Gasteiger partial charge in [-0.1, -0.05) is 18.2 Å². The number of hydrogen-bond acceptors (Lipinski definition) is 5. The van der Waals surface area contributed by atoms with Crippen molar-refractivity contribution in [2.24, 2.45) is 11.8 Å². The van der Waals surface area contributed by atoms with Crippen molar-refractivity contribution in [1.29, 1.82) is 0 Å². The van der Waals surface area contributed by atoms with Gasteiger partial charge in [0.1, 0.15) is 0 Å². The molecule has 132 valence electrons. The van der Waals surface area contributed by atoms with Gasteiger partial charge in [0, 0.05) is 15.5 Å². The number of ether oxygens (including phenoxy) is 2. The van der Waals surface area contributed by atoms with Gasteiger partial charge in [0.05, 0.1) is 25.0 Å². The van der Waals surface area contributed by atoms with Crippen LogP contribution >= 0.6 is 23.4 Å². The molecule has 4 unspecified atom stereocenters. The first-order valence-electron chi connectivity index (χ1n) is 8.25. The van der Waals surface area contributed by atoms with Crippen LogP contribution in [-0.4, -0.2) is 35.8 Å². The molecule has 0 aliphatic heterocycles. The number of thioether (sulfide) groups is 1. The lowest BCUT2D eigenvalue weighted by molar-refractivity contribution is -0.162. The summed E-state index contributed by atoms with van der Waals surface area (Å²) in [5.41, 5.74) is 0. The quantitative estimate of drug-likeness (QED) is 0.561. The number of esters is 2. The van der Waals surface area contributed by atoms with Gasteiger partial charge >= 0.3 is 11.9 Å². The number of halogens is 1. The van der Waals surface area contributed by atoms with E-state index >= 15 is 0 Å². The Morgan fingerprint density at radius 3 is 2.12 bits per heavy atom. The van der Waals surface area contributed by atoms with E-state index in [9.17, 15) is 9.59 Å². The standard InChI is InChI=1S/C18H23ClO4S/c1-3-22-17(20)13-10-15(19)16(11-14(13)18(21)23-4-2)24-12-8-6-5-7-9-12/h5-9,13-16H,3-4,10-11H2,1-2H3. The van der Waals surface area contributed by atoms with Crippen molar-refractivity contribution in [2.45, 2.75) is 42.2 Å². The lowest BCUT2D eigenvalue weighted by Crippen LogP contribution is -2.43. The molecule has 4 nitrogen and oxygen atoms in total. The molecule has 0 spiro atoms. The number of hydrogen-bond donors (Lipinski definition) is 0. The largest absolute Gasteiger partial charge is 0.466 e. The smallest absolute Gasteiger partial charge is 0.309 e. The zero-order valence-electron chi connectivity index (χ0n) is 13.9. The van der Waals surface area contributed by atoms with Crippen LogP contribution < -0.4 is 0 Å². The topological polar surface area (TPSA) is 52.6 Å². The molecule has 1 aromatic rings. The first kappa shape index (κ1) is 19.1. The molecule has 2 rings (SSSR count). The second-order valence-electron chi connectivity index (χ2n) is 5.67. The highest BCUT2D eigenvalue weighted by Crippen LogP contribution is 2.42. The normalized spacial score (nSPS) is 26.6. The van der Waals surface area contributed by atoms with Crippen LogP contribution in [0, 0.1) is 11.8 Å². The Kier molecular flexibility index (Phi) is 7.43. The summed E-state index contributed by atoms with van der Waals surface area (Å²) < 4.78 is 10.3. The second kappa shape index (κ2) is 9.33. The summed E-state index contributed by atoms with van der Waals surface area (Å²) in [5, 5.41) is -0.149. The van der Waals surface area contributed by atoms with E-state index < -0.39 is 11.8 Å². The molecule has 0 aromatic heterocycles. The Labute approximate surface area is 152 Å². The lowest BCUT2D eigenvalue weighted by Gasteiger charge is -2.36. The summed E-state index contributed by atoms with van der Waals surface area (Å²) in [6, 6.07) is 9.94. The van der Waals surface area contributed by atoms with Gasteiger partial charge in [0.25, 0.3) is 0 Å². The minimum atomic E-state index is -0.529. The number of carbonyl (C=O) groups excluding carboxylic acids is 2. The fourth-order valence-electron chi connectivity index (χ4n) is 2.94. The number of alkyl halides is 1. The van der Waals surface area contributed by atoms with Crippen LogP contribution in [-0.2, 0) is 19.1 Å². The van der Waals surface area contributed by atoms with E-state index in [1.807, 2.05) is 30.3 Å². The minimum Gasteiger partial charge on any atom is -0.466 e. The monoisotopic (exact) mass is 370 g/mol. The lowest BCUT2D eigenvalue weighted by atomic mass is 9.78. The highest BCUT2D eigenvalue weighted by atomic mass is 35.5. The summed E-state index contributed by atoms with van der Waals surface area (Å²) in [4.78, 5) is 25.7. The maximum Gasteiger partial charge on any atom is 0.309 e. The molecule has 0 amide bonds. The van der Waals surface area contributed by atoms with E-state index in [0.29, 0.717) is 26.1 Å². The molecule has 0 heterocycles. The van der Waals surface area contributed by atoms with Crippen molar-refractivity contribution < 1.29 is 19.1 Å². The van der Waals surface area contributed by atoms with E-state index in [1.54, 1.807) is 25.6 Å². The van der Waals surface area contributed by atoms with Gasteiger partial charge in [-0.3, -0.25) is 9.59 Å². The average molecular weight is 371 g/mol. The molecule has 0 bridgehead atoms. The summed E-state index contributed by atoms with van der Waals surface area (Å²) in [6.45, 7) is 4.11. The molecule has 1 aromatic carbocycles. The fourth-order valence-corrected chi connectivity index (χ4v) is 4.61. The Bertz CT molecular complexity index is 551. The predicted molar refractivity (Wildman–Crippen MR) is 95.2 cm³/mol. The molecule has 6 heteroatoms. The van der Waals surface area contributed by atoms with Crippen molar-refractivity contribution in [1.82, 2.24) is 0 Å². The SMILES string of the molecule is CCOC(=O)C1CC(Cl)C(Sc2ccccc2)CC1C(=O)OCC. The van der Waals surface area contributed by atoms with E-state index in [1.165, 1.54) is 0 Å². The molecule has 1 fully saturated rings. The van der Waals surface area contributed by atoms with E-state index in [2.05, 4.69) is 0 Å². The van der Waals surface area contributed by atoms with Crippen molar-refractivity contribution in [3.8, 4) is 0 Å². The first-order valence-corrected chi connectivity index (χ1v) is 9.57. The van der Waals surface area contributed by atoms with Crippen LogP contribution in [0.1, 0.15) is 26.7 Å². The van der Waals surface area contributed by atoms with Gasteiger partial charge < -0.3 is 9.47 Å². The van der Waals surface area contributed by atoms with E-state index in [4.69, 9.17) is 21.1 Å². The Balaban J connectivity index is 2.14. The van der Waals surface area contributed by atoms with Crippen molar-refractivity contribution in [2.75, 3.05) is 13.2 Å². The predicted octanol–water partition coefficient (Wildman–Crippen LogP) is 3.91. The van der Waals surface area contributed by atoms with Gasteiger partial charge in [-0.2, -0.15) is 0 Å². The molecule has 1 aliphatic carbocycles. The summed E-state index contributed by atoms with van der Waals surface area (Å²) >= 11 is 8.19. The van der Waals surface area contributed by atoms with Gasteiger partial charge in [-0.25, -0.2) is 0 Å². The molecule has 0 radical (unpaired) electrons. The van der Waals surface area contributed by atoms with Crippen LogP contribution in [0.3, 0.4) is 0 Å². The van der Waals surface area contributed by atoms with Crippen LogP contribution in [0.15, 0.2) is 35.2 Å². The van der Waals surface area contributed by atoms with Gasteiger partial charge in [-0.15, -0.1) is 23.4 Å². The molecule has 24 heavy (non-hydrogen) atoms. The summed E-state index contributed by atoms with van der Waals surface area (Å²) in [7, 11) is 0. The molecule has 0 saturated heterocycles. The molecule has 4 atom stereocenters.